The average Bonchev–Trinajstić information content (AvgIpc) is 3.06. The van der Waals surface area contributed by atoms with Gasteiger partial charge in [0.1, 0.15) is 6.54 Å². The molecule has 0 aliphatic carbocycles. The highest BCUT2D eigenvalue weighted by Gasteiger charge is 2.27. The second-order valence-electron chi connectivity index (χ2n) is 13.4. The lowest BCUT2D eigenvalue weighted by Crippen LogP contribution is -2.50. The van der Waals surface area contributed by atoms with Crippen LogP contribution in [0.3, 0.4) is 0 Å². The van der Waals surface area contributed by atoms with Crippen LogP contribution in [0.5, 0.6) is 0 Å². The Kier molecular flexibility index (Phi) is 31.0. The smallest absolute Gasteiger partial charge is 0.254 e. The second kappa shape index (κ2) is 31.1. The number of nitrogens with zero attached hydrogens (tertiary/aromatic N) is 2. The molecule has 0 radical (unpaired) electrons. The summed E-state index contributed by atoms with van der Waals surface area (Å²) < 4.78 is 1.07. The monoisotopic (exact) mass is 665 g/mol. The number of hydrogen-bond donors (Lipinski definition) is 1. The van der Waals surface area contributed by atoms with Gasteiger partial charge in [-0.3, -0.25) is 4.79 Å². The Bertz CT molecular complexity index is 881. The molecule has 8 nitrogen and oxygen atoms in total. The molecule has 1 aromatic rings. The van der Waals surface area contributed by atoms with Gasteiger partial charge in [-0.1, -0.05) is 126 Å². The van der Waals surface area contributed by atoms with E-state index in [4.69, 9.17) is 0 Å². The molecule has 0 amide bonds. The number of H-pyrrole nitrogens is 1. The Morgan fingerprint density at radius 3 is 1.23 bits per heavy atom. The van der Waals surface area contributed by atoms with Crippen molar-refractivity contribution >= 4 is 11.9 Å². The van der Waals surface area contributed by atoms with Gasteiger partial charge in [-0.25, -0.2) is 4.98 Å². The number of rotatable bonds is 26. The summed E-state index contributed by atoms with van der Waals surface area (Å²) in [4.78, 5) is 40.9. The van der Waals surface area contributed by atoms with Gasteiger partial charge < -0.3 is 29.3 Å². The molecule has 1 heterocycles. The van der Waals surface area contributed by atoms with Gasteiger partial charge in [0.25, 0.3) is 5.56 Å². The number of aromatic nitrogens is 2. The summed E-state index contributed by atoms with van der Waals surface area (Å²) >= 11 is 0. The first-order valence-electron chi connectivity index (χ1n) is 19.4. The van der Waals surface area contributed by atoms with Crippen molar-refractivity contribution in [2.75, 3.05) is 19.6 Å². The van der Waals surface area contributed by atoms with Crippen molar-refractivity contribution in [2.45, 2.75) is 184 Å². The molecular formula is C39H74N3O5-. The topological polar surface area (TPSA) is 126 Å². The fourth-order valence-corrected chi connectivity index (χ4v) is 5.72. The number of hydrogen-bond acceptors (Lipinski definition) is 6. The molecule has 0 aliphatic rings. The number of aromatic amines is 1. The number of carboxylic acid groups (broad SMARTS) is 2. The fraction of sp³-hybridized carbons (Fsp3) is 0.846. The van der Waals surface area contributed by atoms with Crippen molar-refractivity contribution in [3.8, 4) is 0 Å². The third-order valence-electron chi connectivity index (χ3n) is 9.04. The molecule has 0 atom stereocenters. The number of aliphatic carboxylic acids is 2. The van der Waals surface area contributed by atoms with Crippen LogP contribution in [0.15, 0.2) is 11.0 Å². The zero-order chi connectivity index (χ0) is 35.9. The van der Waals surface area contributed by atoms with E-state index in [9.17, 15) is 24.6 Å². The number of aryl methyl sites for hydroxylation is 1. The van der Waals surface area contributed by atoms with E-state index in [0.29, 0.717) is 0 Å². The number of carboxylic acids is 2. The minimum Gasteiger partial charge on any atom is -0.550 e. The van der Waals surface area contributed by atoms with Crippen LogP contribution < -0.4 is 15.8 Å². The van der Waals surface area contributed by atoms with E-state index in [2.05, 4.69) is 58.4 Å². The van der Waals surface area contributed by atoms with Crippen molar-refractivity contribution in [2.24, 2.45) is 11.8 Å². The third kappa shape index (κ3) is 23.7. The molecule has 47 heavy (non-hydrogen) atoms. The van der Waals surface area contributed by atoms with E-state index in [0.717, 1.165) is 106 Å². The van der Waals surface area contributed by atoms with E-state index < -0.39 is 11.9 Å². The Morgan fingerprint density at radius 1 is 0.638 bits per heavy atom. The first kappa shape index (κ1) is 46.9. The predicted octanol–water partition coefficient (Wildman–Crippen LogP) is 7.52. The molecule has 0 saturated heterocycles. The molecule has 0 saturated carbocycles. The number of carbonyl (C=O) groups is 2. The van der Waals surface area contributed by atoms with Crippen molar-refractivity contribution < 1.29 is 24.3 Å². The molecule has 0 bridgehead atoms. The number of quaternary nitrogens is 1. The van der Waals surface area contributed by atoms with Crippen molar-refractivity contribution in [3.63, 3.8) is 0 Å². The first-order valence-corrected chi connectivity index (χ1v) is 19.4. The fourth-order valence-electron chi connectivity index (χ4n) is 5.72. The third-order valence-corrected chi connectivity index (χ3v) is 9.04. The summed E-state index contributed by atoms with van der Waals surface area (Å²) in [5.74, 6) is -1.28. The lowest BCUT2D eigenvalue weighted by molar-refractivity contribution is -0.942. The summed E-state index contributed by atoms with van der Waals surface area (Å²) in [7, 11) is 0. The van der Waals surface area contributed by atoms with Crippen molar-refractivity contribution in [1.82, 2.24) is 9.97 Å². The number of nitrogens with one attached hydrogen (secondary N) is 1. The van der Waals surface area contributed by atoms with E-state index in [1.807, 2.05) is 6.92 Å². The maximum absolute atomic E-state index is 12.1. The molecular weight excluding hydrogens is 590 g/mol. The lowest BCUT2D eigenvalue weighted by Gasteiger charge is -2.38. The van der Waals surface area contributed by atoms with Crippen LogP contribution in [0.4, 0.5) is 0 Å². The molecule has 8 heteroatoms. The molecule has 0 spiro atoms. The lowest BCUT2D eigenvalue weighted by atomic mass is 9.96. The zero-order valence-electron chi connectivity index (χ0n) is 31.9. The molecule has 1 rings (SSSR count). The van der Waals surface area contributed by atoms with Crippen LogP contribution in [0, 0.1) is 11.8 Å². The summed E-state index contributed by atoms with van der Waals surface area (Å²) in [5.41, 5.74) is 0.819. The van der Waals surface area contributed by atoms with Gasteiger partial charge in [0.15, 0.2) is 5.82 Å². The zero-order valence-corrected chi connectivity index (χ0v) is 31.9. The molecule has 1 N–H and O–H groups in total. The minimum absolute atomic E-state index is 0.0390. The number of unbranched alkanes of at least 4 members (excludes halogenated alkanes) is 7. The van der Waals surface area contributed by atoms with Crippen molar-refractivity contribution in [1.29, 1.82) is 0 Å². The minimum atomic E-state index is -0.864. The molecule has 0 unspecified atom stereocenters. The van der Waals surface area contributed by atoms with Gasteiger partial charge in [-0.2, -0.15) is 0 Å². The standard InChI is InChI=1S/C19H35N3O.2C10H20O2/c1-5-9-12-22(13-10-6-2,14-11-7-3)16-18-20-15-17(8-4)19(23)21-18;2*1-3-5-7-9(10(11)12)8-6-4-2/h15H,5-14,16H2,1-4H3;2*9H,3-8H2,1-2H3,(H,11,12)/p-1. The number of carbonyl (C=O) groups excluding carboxylic acids is 2. The summed E-state index contributed by atoms with van der Waals surface area (Å²) in [6.45, 7) is 21.5. The Hall–Kier alpha value is -2.22. The van der Waals surface area contributed by atoms with Crippen LogP contribution in [0.25, 0.3) is 0 Å². The van der Waals surface area contributed by atoms with Crippen molar-refractivity contribution in [3.05, 3.63) is 27.9 Å². The van der Waals surface area contributed by atoms with E-state index >= 15 is 0 Å². The first-order chi connectivity index (χ1) is 22.5. The van der Waals surface area contributed by atoms with Crippen LogP contribution in [-0.2, 0) is 22.6 Å². The highest BCUT2D eigenvalue weighted by molar-refractivity contribution is 5.67. The van der Waals surface area contributed by atoms with E-state index in [1.165, 1.54) is 58.2 Å². The molecule has 0 fully saturated rings. The van der Waals surface area contributed by atoms with Gasteiger partial charge in [0.05, 0.1) is 19.6 Å². The molecule has 276 valence electrons. The molecule has 0 aromatic carbocycles. The van der Waals surface area contributed by atoms with E-state index in [-0.39, 0.29) is 17.4 Å². The highest BCUT2D eigenvalue weighted by Crippen LogP contribution is 2.19. The summed E-state index contributed by atoms with van der Waals surface area (Å²) in [6.07, 6.45) is 21.3. The maximum atomic E-state index is 12.1. The van der Waals surface area contributed by atoms with Crippen LogP contribution >= 0.6 is 0 Å². The van der Waals surface area contributed by atoms with Gasteiger partial charge in [-0.15, -0.1) is 0 Å². The quantitative estimate of drug-likeness (QED) is 0.102. The normalized spacial score (nSPS) is 11.2. The Labute approximate surface area is 289 Å². The Morgan fingerprint density at radius 2 is 0.979 bits per heavy atom. The average molecular weight is 665 g/mol. The van der Waals surface area contributed by atoms with Gasteiger partial charge in [0.2, 0.25) is 0 Å². The Balaban J connectivity index is 0. The largest absolute Gasteiger partial charge is 0.550 e. The maximum Gasteiger partial charge on any atom is 0.254 e. The predicted molar refractivity (Wildman–Crippen MR) is 193 cm³/mol. The highest BCUT2D eigenvalue weighted by atomic mass is 16.4. The molecule has 1 aromatic heterocycles. The second-order valence-corrected chi connectivity index (χ2v) is 13.4. The molecule has 0 aliphatic heterocycles. The van der Waals surface area contributed by atoms with Gasteiger partial charge in [-0.05, 0) is 63.2 Å². The van der Waals surface area contributed by atoms with Crippen LogP contribution in [-0.4, -0.2) is 46.0 Å². The van der Waals surface area contributed by atoms with Gasteiger partial charge >= 0.3 is 0 Å². The summed E-state index contributed by atoms with van der Waals surface area (Å²) in [5, 5.41) is 21.2. The van der Waals surface area contributed by atoms with Crippen LogP contribution in [0.2, 0.25) is 0 Å². The van der Waals surface area contributed by atoms with Gasteiger partial charge in [0, 0.05) is 23.7 Å². The SMILES string of the molecule is CCCCC(CCCC)C(=O)[O-].CCCCC(CCCC)C(=O)[O-].CCCC[N+](CCCC)(CCCC)Cc1ncc(CC)c(=O)[nH]1. The summed E-state index contributed by atoms with van der Waals surface area (Å²) in [6, 6.07) is 0. The van der Waals surface area contributed by atoms with Crippen LogP contribution in [0.1, 0.15) is 182 Å². The van der Waals surface area contributed by atoms with E-state index in [1.54, 1.807) is 6.20 Å².